The lowest BCUT2D eigenvalue weighted by molar-refractivity contribution is 0.0700. The highest BCUT2D eigenvalue weighted by Crippen LogP contribution is 2.32. The van der Waals surface area contributed by atoms with Crippen LogP contribution in [-0.4, -0.2) is 31.8 Å². The summed E-state index contributed by atoms with van der Waals surface area (Å²) in [6, 6.07) is 2.61. The minimum Gasteiger partial charge on any atom is -0.336 e. The topological polar surface area (TPSA) is 54.5 Å². The Morgan fingerprint density at radius 3 is 2.38 bits per heavy atom. The van der Waals surface area contributed by atoms with Gasteiger partial charge in [0.25, 0.3) is 15.0 Å². The van der Waals surface area contributed by atoms with E-state index in [1.54, 1.807) is 4.90 Å². The van der Waals surface area contributed by atoms with Crippen LogP contribution >= 0.6 is 38.2 Å². The third-order valence-electron chi connectivity index (χ3n) is 3.24. The summed E-state index contributed by atoms with van der Waals surface area (Å²) in [4.78, 5) is 14.0. The monoisotopic (exact) mass is 415 g/mol. The summed E-state index contributed by atoms with van der Waals surface area (Å²) >= 11 is 9.17. The molecule has 1 aromatic rings. The van der Waals surface area contributed by atoms with E-state index < -0.39 is 9.05 Å². The summed E-state index contributed by atoms with van der Waals surface area (Å²) in [5, 5.41) is 0.178. The van der Waals surface area contributed by atoms with Crippen LogP contribution in [0, 0.1) is 0 Å². The zero-order valence-electron chi connectivity index (χ0n) is 11.9. The third kappa shape index (κ3) is 4.34. The molecule has 0 aromatic heterocycles. The van der Waals surface area contributed by atoms with Crippen molar-refractivity contribution < 1.29 is 13.2 Å². The molecule has 8 heteroatoms. The first-order valence-corrected chi connectivity index (χ1v) is 9.86. The number of carbonyl (C=O) groups is 1. The number of amides is 1. The van der Waals surface area contributed by atoms with Crippen molar-refractivity contribution in [3.05, 3.63) is 27.2 Å². The summed E-state index contributed by atoms with van der Waals surface area (Å²) in [5.41, 5.74) is 0.126. The fourth-order valence-electron chi connectivity index (χ4n) is 1.91. The zero-order valence-corrected chi connectivity index (χ0v) is 15.8. The lowest BCUT2D eigenvalue weighted by atomic mass is 10.1. The Hall–Kier alpha value is -0.300. The maximum absolute atomic E-state index is 12.6. The van der Waals surface area contributed by atoms with E-state index in [0.717, 1.165) is 6.42 Å². The summed E-state index contributed by atoms with van der Waals surface area (Å²) in [6.07, 6.45) is 0.786. The molecule has 0 aliphatic carbocycles. The SMILES string of the molecule is CCC(C)N(CC)C(=O)c1cc(S(=O)(=O)Cl)c(Br)cc1Cl. The minimum atomic E-state index is -3.97. The molecule has 4 nitrogen and oxygen atoms in total. The molecule has 0 bridgehead atoms. The number of nitrogens with zero attached hydrogens (tertiary/aromatic N) is 1. The minimum absolute atomic E-state index is 0.0262. The average Bonchev–Trinajstić information content (AvgIpc) is 2.37. The fraction of sp³-hybridized carbons (Fsp3) is 0.462. The van der Waals surface area contributed by atoms with Gasteiger partial charge in [-0.05, 0) is 48.3 Å². The fourth-order valence-corrected chi connectivity index (χ4v) is 4.48. The summed E-state index contributed by atoms with van der Waals surface area (Å²) in [6.45, 7) is 6.25. The molecule has 0 spiro atoms. The molecule has 1 rings (SSSR count). The van der Waals surface area contributed by atoms with E-state index in [4.69, 9.17) is 22.3 Å². The molecule has 0 radical (unpaired) electrons. The highest BCUT2D eigenvalue weighted by molar-refractivity contribution is 9.10. The van der Waals surface area contributed by atoms with E-state index in [-0.39, 0.29) is 31.9 Å². The van der Waals surface area contributed by atoms with Gasteiger partial charge in [0.2, 0.25) is 0 Å². The van der Waals surface area contributed by atoms with Crippen LogP contribution in [0.4, 0.5) is 0 Å². The summed E-state index contributed by atoms with van der Waals surface area (Å²) in [5.74, 6) is -0.314. The molecule has 1 aromatic carbocycles. The lowest BCUT2D eigenvalue weighted by Crippen LogP contribution is -2.38. The van der Waals surface area contributed by atoms with Crippen molar-refractivity contribution in [2.75, 3.05) is 6.54 Å². The van der Waals surface area contributed by atoms with Gasteiger partial charge in [-0.1, -0.05) is 18.5 Å². The third-order valence-corrected chi connectivity index (χ3v) is 5.83. The van der Waals surface area contributed by atoms with Crippen molar-refractivity contribution in [1.82, 2.24) is 4.90 Å². The summed E-state index contributed by atoms with van der Waals surface area (Å²) in [7, 11) is 1.40. The number of carbonyl (C=O) groups excluding carboxylic acids is 1. The van der Waals surface area contributed by atoms with Gasteiger partial charge in [0, 0.05) is 27.7 Å². The normalized spacial score (nSPS) is 13.0. The Kier molecular flexibility index (Phi) is 6.53. The Bertz CT molecular complexity index is 649. The standard InChI is InChI=1S/C13H16BrCl2NO3S/c1-4-8(3)17(5-2)13(18)9-6-12(21(16,19)20)10(14)7-11(9)15/h6-8H,4-5H2,1-3H3. The van der Waals surface area contributed by atoms with Crippen molar-refractivity contribution in [3.63, 3.8) is 0 Å². The zero-order chi connectivity index (χ0) is 16.4. The van der Waals surface area contributed by atoms with Gasteiger partial charge in [-0.2, -0.15) is 0 Å². The first-order valence-electron chi connectivity index (χ1n) is 6.38. The lowest BCUT2D eigenvalue weighted by Gasteiger charge is -2.27. The molecule has 118 valence electrons. The van der Waals surface area contributed by atoms with Crippen LogP contribution in [0.5, 0.6) is 0 Å². The predicted molar refractivity (Wildman–Crippen MR) is 88.7 cm³/mol. The Labute approximate surface area is 143 Å². The molecule has 0 saturated carbocycles. The van der Waals surface area contributed by atoms with E-state index in [1.807, 2.05) is 20.8 Å². The Morgan fingerprint density at radius 1 is 1.38 bits per heavy atom. The molecule has 0 heterocycles. The molecule has 1 amide bonds. The van der Waals surface area contributed by atoms with E-state index in [2.05, 4.69) is 15.9 Å². The van der Waals surface area contributed by atoms with Crippen LogP contribution < -0.4 is 0 Å². The predicted octanol–water partition coefficient (Wildman–Crippen LogP) is 4.29. The molecule has 1 atom stereocenters. The van der Waals surface area contributed by atoms with E-state index in [1.165, 1.54) is 12.1 Å². The van der Waals surface area contributed by atoms with Crippen LogP contribution in [-0.2, 0) is 9.05 Å². The quantitative estimate of drug-likeness (QED) is 0.672. The number of rotatable bonds is 5. The molecule has 0 saturated heterocycles. The van der Waals surface area contributed by atoms with Crippen molar-refractivity contribution in [2.24, 2.45) is 0 Å². The molecule has 0 N–H and O–H groups in total. The molecule has 1 unspecified atom stereocenters. The van der Waals surface area contributed by atoms with E-state index in [0.29, 0.717) is 6.54 Å². The second-order valence-corrected chi connectivity index (χ2v) is 8.34. The van der Waals surface area contributed by atoms with Crippen LogP contribution in [0.2, 0.25) is 5.02 Å². The largest absolute Gasteiger partial charge is 0.336 e. The van der Waals surface area contributed by atoms with Gasteiger partial charge >= 0.3 is 0 Å². The Balaban J connectivity index is 3.40. The van der Waals surface area contributed by atoms with Gasteiger partial charge in [-0.15, -0.1) is 0 Å². The van der Waals surface area contributed by atoms with E-state index in [9.17, 15) is 13.2 Å². The number of hydrogen-bond donors (Lipinski definition) is 0. The molecule has 21 heavy (non-hydrogen) atoms. The molecular weight excluding hydrogens is 401 g/mol. The van der Waals surface area contributed by atoms with Gasteiger partial charge in [0.15, 0.2) is 0 Å². The highest BCUT2D eigenvalue weighted by Gasteiger charge is 2.25. The van der Waals surface area contributed by atoms with Crippen molar-refractivity contribution in [2.45, 2.75) is 38.1 Å². The van der Waals surface area contributed by atoms with Crippen LogP contribution in [0.3, 0.4) is 0 Å². The van der Waals surface area contributed by atoms with Crippen LogP contribution in [0.15, 0.2) is 21.5 Å². The summed E-state index contributed by atoms with van der Waals surface area (Å²) < 4.78 is 23.3. The molecular formula is C13H16BrCl2NO3S. The van der Waals surface area contributed by atoms with Crippen molar-refractivity contribution in [1.29, 1.82) is 0 Å². The Morgan fingerprint density at radius 2 is 1.95 bits per heavy atom. The molecule has 0 fully saturated rings. The average molecular weight is 417 g/mol. The number of hydrogen-bond acceptors (Lipinski definition) is 3. The first-order chi connectivity index (χ1) is 9.63. The smallest absolute Gasteiger partial charge is 0.262 e. The number of benzene rings is 1. The van der Waals surface area contributed by atoms with Crippen LogP contribution in [0.25, 0.3) is 0 Å². The molecule has 0 aliphatic heterocycles. The van der Waals surface area contributed by atoms with Gasteiger partial charge in [-0.3, -0.25) is 4.79 Å². The van der Waals surface area contributed by atoms with Crippen LogP contribution in [0.1, 0.15) is 37.6 Å². The maximum atomic E-state index is 12.6. The maximum Gasteiger partial charge on any atom is 0.262 e. The van der Waals surface area contributed by atoms with Gasteiger partial charge in [-0.25, -0.2) is 8.42 Å². The van der Waals surface area contributed by atoms with Crippen molar-refractivity contribution >= 4 is 53.2 Å². The second-order valence-electron chi connectivity index (χ2n) is 4.55. The first kappa shape index (κ1) is 18.7. The van der Waals surface area contributed by atoms with E-state index >= 15 is 0 Å². The van der Waals surface area contributed by atoms with Gasteiger partial charge in [0.1, 0.15) is 0 Å². The number of halogens is 3. The van der Waals surface area contributed by atoms with Gasteiger partial charge < -0.3 is 4.90 Å². The molecule has 0 aliphatic rings. The van der Waals surface area contributed by atoms with Crippen molar-refractivity contribution in [3.8, 4) is 0 Å². The highest BCUT2D eigenvalue weighted by atomic mass is 79.9. The van der Waals surface area contributed by atoms with Gasteiger partial charge in [0.05, 0.1) is 15.5 Å². The second kappa shape index (κ2) is 7.31.